The van der Waals surface area contributed by atoms with Crippen LogP contribution in [0.3, 0.4) is 0 Å². The molecule has 0 saturated carbocycles. The van der Waals surface area contributed by atoms with E-state index in [0.29, 0.717) is 25.2 Å². The van der Waals surface area contributed by atoms with E-state index in [9.17, 15) is 14.9 Å². The number of nitrogens with zero attached hydrogens (tertiary/aromatic N) is 2. The quantitative estimate of drug-likeness (QED) is 0.276. The molecule has 0 aliphatic carbocycles. The smallest absolute Gasteiger partial charge is 0.349 e. The predicted molar refractivity (Wildman–Crippen MR) is 138 cm³/mol. The number of para-hydroxylation sites is 1. The van der Waals surface area contributed by atoms with Gasteiger partial charge in [-0.1, -0.05) is 18.2 Å². The third-order valence-corrected chi connectivity index (χ3v) is 6.14. The molecule has 1 aliphatic rings. The van der Waals surface area contributed by atoms with Gasteiger partial charge in [0, 0.05) is 29.1 Å². The molecular weight excluding hydrogens is 470 g/mol. The fourth-order valence-electron chi connectivity index (χ4n) is 4.42. The molecule has 1 N–H and O–H groups in total. The Labute approximate surface area is 216 Å². The molecule has 190 valence electrons. The van der Waals surface area contributed by atoms with Crippen LogP contribution in [0.15, 0.2) is 60.2 Å². The van der Waals surface area contributed by atoms with E-state index >= 15 is 0 Å². The van der Waals surface area contributed by atoms with Crippen molar-refractivity contribution in [3.8, 4) is 23.3 Å². The summed E-state index contributed by atoms with van der Waals surface area (Å²) in [7, 11) is 0. The molecule has 0 saturated heterocycles. The number of esters is 1. The molecule has 4 rings (SSSR count). The van der Waals surface area contributed by atoms with Crippen LogP contribution in [-0.2, 0) is 14.3 Å². The van der Waals surface area contributed by atoms with E-state index in [1.165, 1.54) is 6.08 Å². The first kappa shape index (κ1) is 25.6. The first-order chi connectivity index (χ1) is 17.9. The van der Waals surface area contributed by atoms with Gasteiger partial charge < -0.3 is 24.1 Å². The minimum absolute atomic E-state index is 0.184. The maximum absolute atomic E-state index is 12.6. The predicted octanol–water partition coefficient (Wildman–Crippen LogP) is 4.58. The summed E-state index contributed by atoms with van der Waals surface area (Å²) in [5.74, 6) is 0.221. The van der Waals surface area contributed by atoms with E-state index in [0.717, 1.165) is 34.1 Å². The van der Waals surface area contributed by atoms with Crippen molar-refractivity contribution in [2.75, 3.05) is 19.8 Å². The van der Waals surface area contributed by atoms with Gasteiger partial charge in [-0.2, -0.15) is 5.26 Å². The average Bonchev–Trinajstić information content (AvgIpc) is 3.19. The molecule has 1 amide bonds. The summed E-state index contributed by atoms with van der Waals surface area (Å²) in [5, 5.41) is 12.5. The Morgan fingerprint density at radius 1 is 1.19 bits per heavy atom. The van der Waals surface area contributed by atoms with Gasteiger partial charge in [0.2, 0.25) is 0 Å². The minimum Gasteiger partial charge on any atom is -0.494 e. The summed E-state index contributed by atoms with van der Waals surface area (Å²) in [6.07, 6.45) is 2.10. The van der Waals surface area contributed by atoms with Crippen molar-refractivity contribution in [2.45, 2.75) is 33.2 Å². The molecule has 0 radical (unpaired) electrons. The van der Waals surface area contributed by atoms with E-state index in [1.54, 1.807) is 0 Å². The summed E-state index contributed by atoms with van der Waals surface area (Å²) < 4.78 is 18.3. The number of rotatable bonds is 8. The number of carbonyl (C=O) groups is 2. The molecule has 37 heavy (non-hydrogen) atoms. The molecule has 1 aliphatic heterocycles. The molecule has 3 aromatic rings. The second-order valence-electron chi connectivity index (χ2n) is 8.63. The zero-order valence-corrected chi connectivity index (χ0v) is 21.1. The Bertz CT molecular complexity index is 1370. The Hall–Kier alpha value is -4.51. The number of carbonyl (C=O) groups excluding carboxylic acids is 2. The molecule has 0 fully saturated rings. The maximum Gasteiger partial charge on any atom is 0.349 e. The van der Waals surface area contributed by atoms with Crippen molar-refractivity contribution in [1.82, 2.24) is 9.88 Å². The lowest BCUT2D eigenvalue weighted by atomic mass is 10.0. The molecule has 1 aromatic heterocycles. The molecule has 8 heteroatoms. The standard InChI is InChI=1S/C29H29N3O5/c1-4-35-24-11-9-23(10-12-24)32-19(2)15-21(20(32)3)16-22(17-30)29(34)37-18-28(33)31-26-13-14-36-27-8-6-5-7-25(26)27/h5-12,15-16,26H,4,13-14,18H2,1-3H3,(H,31,33)/b22-16+. The first-order valence-corrected chi connectivity index (χ1v) is 12.1. The monoisotopic (exact) mass is 499 g/mol. The van der Waals surface area contributed by atoms with E-state index < -0.39 is 18.5 Å². The highest BCUT2D eigenvalue weighted by Gasteiger charge is 2.23. The number of nitriles is 1. The normalized spacial score (nSPS) is 14.6. The van der Waals surface area contributed by atoms with Gasteiger partial charge in [0.15, 0.2) is 6.61 Å². The molecule has 8 nitrogen and oxygen atoms in total. The van der Waals surface area contributed by atoms with Crippen molar-refractivity contribution in [3.63, 3.8) is 0 Å². The molecule has 0 bridgehead atoms. The number of aryl methyl sites for hydroxylation is 1. The zero-order valence-electron chi connectivity index (χ0n) is 21.1. The number of hydrogen-bond acceptors (Lipinski definition) is 6. The van der Waals surface area contributed by atoms with Gasteiger partial charge in [0.1, 0.15) is 23.1 Å². The molecule has 1 unspecified atom stereocenters. The highest BCUT2D eigenvalue weighted by Crippen LogP contribution is 2.31. The second-order valence-corrected chi connectivity index (χ2v) is 8.63. The van der Waals surface area contributed by atoms with Crippen molar-refractivity contribution < 1.29 is 23.8 Å². The van der Waals surface area contributed by atoms with Crippen LogP contribution in [0.25, 0.3) is 11.8 Å². The molecular formula is C29H29N3O5. The molecule has 0 spiro atoms. The van der Waals surface area contributed by atoms with Gasteiger partial charge in [-0.3, -0.25) is 4.79 Å². The number of ether oxygens (including phenoxy) is 3. The number of hydrogen-bond donors (Lipinski definition) is 1. The third-order valence-electron chi connectivity index (χ3n) is 6.14. The summed E-state index contributed by atoms with van der Waals surface area (Å²) in [5.41, 5.74) is 4.14. The van der Waals surface area contributed by atoms with Crippen molar-refractivity contribution >= 4 is 18.0 Å². The van der Waals surface area contributed by atoms with Crippen LogP contribution in [-0.4, -0.2) is 36.3 Å². The maximum atomic E-state index is 12.6. The van der Waals surface area contributed by atoms with Gasteiger partial charge in [0.25, 0.3) is 5.91 Å². The van der Waals surface area contributed by atoms with Crippen LogP contribution in [0.4, 0.5) is 0 Å². The van der Waals surface area contributed by atoms with Crippen molar-refractivity contribution in [2.24, 2.45) is 0 Å². The molecule has 2 heterocycles. The van der Waals surface area contributed by atoms with Crippen LogP contribution >= 0.6 is 0 Å². The van der Waals surface area contributed by atoms with Gasteiger partial charge in [-0.25, -0.2) is 4.79 Å². The number of amides is 1. The lowest BCUT2D eigenvalue weighted by Gasteiger charge is -2.26. The number of aromatic nitrogens is 1. The third kappa shape index (κ3) is 5.84. The Kier molecular flexibility index (Phi) is 7.94. The highest BCUT2D eigenvalue weighted by molar-refractivity contribution is 5.99. The van der Waals surface area contributed by atoms with Crippen molar-refractivity contribution in [3.05, 3.63) is 82.7 Å². The number of benzene rings is 2. The van der Waals surface area contributed by atoms with Crippen LogP contribution in [0, 0.1) is 25.2 Å². The van der Waals surface area contributed by atoms with Crippen LogP contribution in [0.5, 0.6) is 11.5 Å². The Balaban J connectivity index is 1.42. The summed E-state index contributed by atoms with van der Waals surface area (Å²) >= 11 is 0. The van der Waals surface area contributed by atoms with Gasteiger partial charge >= 0.3 is 5.97 Å². The minimum atomic E-state index is -0.851. The van der Waals surface area contributed by atoms with E-state index in [-0.39, 0.29) is 11.6 Å². The zero-order chi connectivity index (χ0) is 26.4. The lowest BCUT2D eigenvalue weighted by molar-refractivity contribution is -0.144. The summed E-state index contributed by atoms with van der Waals surface area (Å²) in [4.78, 5) is 25.1. The van der Waals surface area contributed by atoms with E-state index in [1.807, 2.05) is 86.0 Å². The van der Waals surface area contributed by atoms with E-state index in [4.69, 9.17) is 14.2 Å². The van der Waals surface area contributed by atoms with Crippen LogP contribution in [0.2, 0.25) is 0 Å². The molecule has 2 aromatic carbocycles. The first-order valence-electron chi connectivity index (χ1n) is 12.1. The lowest BCUT2D eigenvalue weighted by Crippen LogP contribution is -2.35. The Morgan fingerprint density at radius 2 is 1.95 bits per heavy atom. The second kappa shape index (κ2) is 11.5. The van der Waals surface area contributed by atoms with Gasteiger partial charge in [-0.05, 0) is 68.8 Å². The van der Waals surface area contributed by atoms with Crippen LogP contribution < -0.4 is 14.8 Å². The molecule has 1 atom stereocenters. The number of fused-ring (bicyclic) bond motifs is 1. The largest absolute Gasteiger partial charge is 0.494 e. The topological polar surface area (TPSA) is 103 Å². The Morgan fingerprint density at radius 3 is 2.68 bits per heavy atom. The van der Waals surface area contributed by atoms with E-state index in [2.05, 4.69) is 5.32 Å². The SMILES string of the molecule is CCOc1ccc(-n2c(C)cc(/C=C(\C#N)C(=O)OCC(=O)NC3CCOc4ccccc43)c2C)cc1. The highest BCUT2D eigenvalue weighted by atomic mass is 16.5. The van der Waals surface area contributed by atoms with Crippen molar-refractivity contribution in [1.29, 1.82) is 5.26 Å². The van der Waals surface area contributed by atoms with Crippen LogP contribution in [0.1, 0.15) is 41.9 Å². The number of nitrogens with one attached hydrogen (secondary N) is 1. The summed E-state index contributed by atoms with van der Waals surface area (Å²) in [6, 6.07) is 18.8. The fraction of sp³-hybridized carbons (Fsp3) is 0.276. The fourth-order valence-corrected chi connectivity index (χ4v) is 4.42. The average molecular weight is 500 g/mol. The van der Waals surface area contributed by atoms with Gasteiger partial charge in [0.05, 0.1) is 19.3 Å². The van der Waals surface area contributed by atoms with Gasteiger partial charge in [-0.15, -0.1) is 0 Å². The summed E-state index contributed by atoms with van der Waals surface area (Å²) in [6.45, 7) is 6.38.